The monoisotopic (exact) mass is 666 g/mol. The second-order valence-corrected chi connectivity index (χ2v) is 11.5. The summed E-state index contributed by atoms with van der Waals surface area (Å²) in [6.07, 6.45) is -5.09. The van der Waals surface area contributed by atoms with E-state index in [1.54, 1.807) is 24.3 Å². The topological polar surface area (TPSA) is 77.8 Å². The Labute approximate surface area is 259 Å². The summed E-state index contributed by atoms with van der Waals surface area (Å²) in [5.41, 5.74) is 3.02. The zero-order valence-electron chi connectivity index (χ0n) is 24.7. The van der Waals surface area contributed by atoms with Gasteiger partial charge in [-0.05, 0) is 77.4 Å². The van der Waals surface area contributed by atoms with Crippen LogP contribution in [0.5, 0.6) is 11.5 Å². The first-order valence-electron chi connectivity index (χ1n) is 14.9. The van der Waals surface area contributed by atoms with Gasteiger partial charge in [-0.15, -0.1) is 0 Å². The molecule has 0 aliphatic rings. The van der Waals surface area contributed by atoms with Crippen LogP contribution in [0.1, 0.15) is 69.8 Å². The molecule has 254 valence electrons. The third kappa shape index (κ3) is 8.58. The smallest absolute Gasteiger partial charge is 0.460 e. The van der Waals surface area contributed by atoms with E-state index in [1.807, 2.05) is 30.3 Å². The van der Waals surface area contributed by atoms with Gasteiger partial charge in [0.1, 0.15) is 11.5 Å². The average molecular weight is 667 g/mol. The van der Waals surface area contributed by atoms with Crippen molar-refractivity contribution in [3.63, 3.8) is 0 Å². The van der Waals surface area contributed by atoms with Crippen molar-refractivity contribution < 1.29 is 59.6 Å². The molecule has 0 aliphatic carbocycles. The van der Waals surface area contributed by atoms with Crippen LogP contribution in [-0.2, 0) is 11.2 Å². The van der Waals surface area contributed by atoms with Crippen molar-refractivity contribution in [1.82, 2.24) is 0 Å². The Kier molecular flexibility index (Phi) is 11.9. The maximum atomic E-state index is 13.8. The van der Waals surface area contributed by atoms with E-state index in [4.69, 9.17) is 0 Å². The van der Waals surface area contributed by atoms with Crippen molar-refractivity contribution in [1.29, 1.82) is 0 Å². The molecule has 0 radical (unpaired) electrons. The molecule has 3 aromatic rings. The molecule has 0 fully saturated rings. The summed E-state index contributed by atoms with van der Waals surface area (Å²) in [4.78, 5) is 11.4. The van der Waals surface area contributed by atoms with Crippen LogP contribution in [0.3, 0.4) is 0 Å². The highest BCUT2D eigenvalue weighted by Gasteiger charge is 2.81. The third-order valence-corrected chi connectivity index (χ3v) is 8.14. The predicted octanol–water partition coefficient (Wildman–Crippen LogP) is 10.5. The number of aryl methyl sites for hydroxylation is 1. The molecule has 13 heteroatoms. The fourth-order valence-corrected chi connectivity index (χ4v) is 5.45. The molecule has 1 atom stereocenters. The molecular formula is C33H35F9O4. The molecule has 0 saturated heterocycles. The highest BCUT2D eigenvalue weighted by molar-refractivity contribution is 5.92. The second kappa shape index (κ2) is 14.8. The minimum Gasteiger partial charge on any atom is -0.508 e. The molecule has 0 spiro atoms. The number of phenolic OH excluding ortho intramolecular Hbond substituents is 2. The van der Waals surface area contributed by atoms with E-state index in [0.29, 0.717) is 12.8 Å². The van der Waals surface area contributed by atoms with Gasteiger partial charge in [0.25, 0.3) is 0 Å². The van der Waals surface area contributed by atoms with Crippen molar-refractivity contribution >= 4 is 16.7 Å². The van der Waals surface area contributed by atoms with Gasteiger partial charge in [-0.2, -0.15) is 39.5 Å². The average Bonchev–Trinajstić information content (AvgIpc) is 2.97. The molecule has 0 aromatic heterocycles. The fraction of sp³-hybridized carbons (Fsp3) is 0.485. The summed E-state index contributed by atoms with van der Waals surface area (Å²) in [6.45, 7) is 0. The Morgan fingerprint density at radius 1 is 0.652 bits per heavy atom. The Hall–Kier alpha value is -3.64. The fourth-order valence-electron chi connectivity index (χ4n) is 5.45. The Bertz CT molecular complexity index is 1450. The lowest BCUT2D eigenvalue weighted by Gasteiger charge is -2.34. The number of hydrogen-bond acceptors (Lipinski definition) is 3. The zero-order valence-corrected chi connectivity index (χ0v) is 24.7. The number of carbonyl (C=O) groups is 1. The van der Waals surface area contributed by atoms with Crippen LogP contribution in [0.4, 0.5) is 39.5 Å². The molecule has 0 amide bonds. The molecule has 3 aromatic carbocycles. The van der Waals surface area contributed by atoms with E-state index >= 15 is 0 Å². The SMILES string of the molecule is O=C(O)C(CCCCCCCCCc1c(-c2ccc(O)cc2)ccc2cc(O)ccc12)CCC(F)(F)C(F)(F)C(F)(F)C(F)(F)F. The summed E-state index contributed by atoms with van der Waals surface area (Å²) in [5.74, 6) is -22.5. The zero-order chi connectivity index (χ0) is 34.3. The van der Waals surface area contributed by atoms with E-state index in [-0.39, 0.29) is 24.3 Å². The first-order valence-corrected chi connectivity index (χ1v) is 14.9. The van der Waals surface area contributed by atoms with Gasteiger partial charge in [0.15, 0.2) is 0 Å². The molecule has 1 unspecified atom stereocenters. The number of hydrogen-bond donors (Lipinski definition) is 3. The van der Waals surface area contributed by atoms with Crippen molar-refractivity contribution in [3.05, 3.63) is 60.2 Å². The lowest BCUT2D eigenvalue weighted by Crippen LogP contribution is -2.60. The standard InChI is InChI=1S/C33H35F9O4/c34-30(35,31(36,37)32(38,39)33(40,41)42)19-18-22(29(45)46)8-6-4-2-1-3-5-7-9-28-26(21-10-13-24(43)14-11-21)16-12-23-20-25(44)15-17-27(23)28/h10-17,20,22,43-44H,1-9,18-19H2,(H,45,46). The predicted molar refractivity (Wildman–Crippen MR) is 155 cm³/mol. The van der Waals surface area contributed by atoms with Crippen LogP contribution in [0.25, 0.3) is 21.9 Å². The van der Waals surface area contributed by atoms with Crippen molar-refractivity contribution in [2.75, 3.05) is 0 Å². The number of fused-ring (bicyclic) bond motifs is 1. The third-order valence-electron chi connectivity index (χ3n) is 8.14. The lowest BCUT2D eigenvalue weighted by molar-refractivity contribution is -0.396. The van der Waals surface area contributed by atoms with E-state index < -0.39 is 48.7 Å². The maximum Gasteiger partial charge on any atom is 0.460 e. The van der Waals surface area contributed by atoms with E-state index in [1.165, 1.54) is 0 Å². The van der Waals surface area contributed by atoms with Crippen LogP contribution in [-0.4, -0.2) is 45.2 Å². The summed E-state index contributed by atoms with van der Waals surface area (Å²) in [5, 5.41) is 30.7. The van der Waals surface area contributed by atoms with Crippen LogP contribution >= 0.6 is 0 Å². The minimum atomic E-state index is -6.99. The van der Waals surface area contributed by atoms with Crippen molar-refractivity contribution in [3.8, 4) is 22.6 Å². The molecule has 0 bridgehead atoms. The van der Waals surface area contributed by atoms with Crippen LogP contribution in [0.2, 0.25) is 0 Å². The maximum absolute atomic E-state index is 13.8. The van der Waals surface area contributed by atoms with Gasteiger partial charge < -0.3 is 15.3 Å². The molecule has 0 aliphatic heterocycles. The number of benzene rings is 3. The molecule has 46 heavy (non-hydrogen) atoms. The number of aromatic hydroxyl groups is 2. The minimum absolute atomic E-state index is 0.146. The molecule has 0 saturated carbocycles. The number of halogens is 9. The number of alkyl halides is 9. The van der Waals surface area contributed by atoms with E-state index in [2.05, 4.69) is 0 Å². The number of carboxylic acids is 1. The number of aliphatic carboxylic acids is 1. The largest absolute Gasteiger partial charge is 0.508 e. The van der Waals surface area contributed by atoms with Gasteiger partial charge in [0.05, 0.1) is 5.92 Å². The van der Waals surface area contributed by atoms with Crippen LogP contribution < -0.4 is 0 Å². The van der Waals surface area contributed by atoms with Crippen LogP contribution in [0.15, 0.2) is 54.6 Å². The van der Waals surface area contributed by atoms with Gasteiger partial charge in [-0.3, -0.25) is 4.79 Å². The first-order chi connectivity index (χ1) is 21.4. The van der Waals surface area contributed by atoms with Gasteiger partial charge in [0, 0.05) is 6.42 Å². The van der Waals surface area contributed by atoms with E-state index in [0.717, 1.165) is 59.6 Å². The number of rotatable bonds is 17. The summed E-state index contributed by atoms with van der Waals surface area (Å²) in [7, 11) is 0. The van der Waals surface area contributed by atoms with Crippen molar-refractivity contribution in [2.45, 2.75) is 94.6 Å². The molecular weight excluding hydrogens is 631 g/mol. The lowest BCUT2D eigenvalue weighted by atomic mass is 9.90. The summed E-state index contributed by atoms with van der Waals surface area (Å²) >= 11 is 0. The van der Waals surface area contributed by atoms with Gasteiger partial charge in [-0.25, -0.2) is 0 Å². The van der Waals surface area contributed by atoms with Gasteiger partial charge >= 0.3 is 29.9 Å². The normalized spacial score (nSPS) is 13.7. The first kappa shape index (κ1) is 36.8. The number of carboxylic acid groups (broad SMARTS) is 1. The number of unbranched alkanes of at least 4 members (excludes halogenated alkanes) is 6. The highest BCUT2D eigenvalue weighted by Crippen LogP contribution is 2.54. The molecule has 0 heterocycles. The number of phenols is 2. The Morgan fingerprint density at radius 2 is 1.22 bits per heavy atom. The highest BCUT2D eigenvalue weighted by atomic mass is 19.4. The quantitative estimate of drug-likeness (QED) is 0.0990. The van der Waals surface area contributed by atoms with Gasteiger partial charge in [-0.1, -0.05) is 68.9 Å². The molecule has 3 rings (SSSR count). The Balaban J connectivity index is 1.46. The molecule has 4 nitrogen and oxygen atoms in total. The van der Waals surface area contributed by atoms with Crippen LogP contribution in [0, 0.1) is 5.92 Å². The summed E-state index contributed by atoms with van der Waals surface area (Å²) < 4.78 is 118. The van der Waals surface area contributed by atoms with E-state index in [9.17, 15) is 59.6 Å². The van der Waals surface area contributed by atoms with Gasteiger partial charge in [0.2, 0.25) is 0 Å². The summed E-state index contributed by atoms with van der Waals surface area (Å²) in [6, 6.07) is 15.9. The molecule has 3 N–H and O–H groups in total. The Morgan fingerprint density at radius 3 is 1.80 bits per heavy atom. The second-order valence-electron chi connectivity index (χ2n) is 11.5. The van der Waals surface area contributed by atoms with Crippen molar-refractivity contribution in [2.24, 2.45) is 5.92 Å².